The van der Waals surface area contributed by atoms with Crippen LogP contribution in [0.3, 0.4) is 0 Å². The molecule has 0 aliphatic heterocycles. The fraction of sp³-hybridized carbons (Fsp3) is 0. The van der Waals surface area contributed by atoms with Crippen molar-refractivity contribution < 1.29 is 0 Å². The third kappa shape index (κ3) is 4.96. The Morgan fingerprint density at radius 3 is 1.68 bits per heavy atom. The Morgan fingerprint density at radius 1 is 0.281 bits per heavy atom. The molecule has 3 heterocycles. The maximum atomic E-state index is 2.44. The monoisotopic (exact) mass is 742 g/mol. The zero-order valence-corrected chi connectivity index (χ0v) is 31.7. The van der Waals surface area contributed by atoms with Crippen molar-refractivity contribution in [2.75, 3.05) is 0 Å². The van der Waals surface area contributed by atoms with Gasteiger partial charge >= 0.3 is 0 Å². The summed E-state index contributed by atoms with van der Waals surface area (Å²) in [7, 11) is 0. The zero-order valence-electron chi connectivity index (χ0n) is 30.9. The number of hydrogen-bond donors (Lipinski definition) is 0. The highest BCUT2D eigenvalue weighted by Crippen LogP contribution is 2.43. The van der Waals surface area contributed by atoms with Gasteiger partial charge in [0, 0.05) is 53.1 Å². The van der Waals surface area contributed by atoms with Gasteiger partial charge in [0.25, 0.3) is 0 Å². The van der Waals surface area contributed by atoms with Gasteiger partial charge in [0.15, 0.2) is 0 Å². The van der Waals surface area contributed by atoms with Crippen LogP contribution in [0.4, 0.5) is 0 Å². The van der Waals surface area contributed by atoms with Crippen LogP contribution < -0.4 is 0 Å². The third-order valence-electron chi connectivity index (χ3n) is 11.7. The summed E-state index contributed by atoms with van der Waals surface area (Å²) < 4.78 is 7.50. The van der Waals surface area contributed by atoms with Crippen LogP contribution >= 0.6 is 11.3 Å². The topological polar surface area (TPSA) is 9.86 Å². The lowest BCUT2D eigenvalue weighted by atomic mass is 9.96. The van der Waals surface area contributed by atoms with E-state index >= 15 is 0 Å². The van der Waals surface area contributed by atoms with Crippen molar-refractivity contribution in [1.82, 2.24) is 9.13 Å². The number of benzene rings is 9. The summed E-state index contributed by atoms with van der Waals surface area (Å²) in [5, 5.41) is 7.69. The van der Waals surface area contributed by atoms with Gasteiger partial charge in [-0.3, -0.25) is 0 Å². The van der Waals surface area contributed by atoms with Crippen LogP contribution in [0.2, 0.25) is 0 Å². The van der Waals surface area contributed by atoms with E-state index in [1.54, 1.807) is 0 Å². The van der Waals surface area contributed by atoms with Gasteiger partial charge in [-0.1, -0.05) is 140 Å². The molecule has 0 aliphatic carbocycles. The second-order valence-corrected chi connectivity index (χ2v) is 16.0. The lowest BCUT2D eigenvalue weighted by Gasteiger charge is -2.12. The van der Waals surface area contributed by atoms with Crippen LogP contribution in [0.25, 0.3) is 109 Å². The number of nitrogens with zero attached hydrogens (tertiary/aromatic N) is 2. The number of fused-ring (bicyclic) bond motifs is 9. The quantitative estimate of drug-likeness (QED) is 0.166. The van der Waals surface area contributed by atoms with E-state index in [0.29, 0.717) is 0 Å². The van der Waals surface area contributed by atoms with Crippen molar-refractivity contribution in [2.45, 2.75) is 0 Å². The highest BCUT2D eigenvalue weighted by molar-refractivity contribution is 7.25. The molecule has 0 atom stereocenters. The summed E-state index contributed by atoms with van der Waals surface area (Å²) in [4.78, 5) is 0. The lowest BCUT2D eigenvalue weighted by Crippen LogP contribution is -1.94. The Kier molecular flexibility index (Phi) is 7.13. The van der Waals surface area contributed by atoms with Crippen LogP contribution in [0.5, 0.6) is 0 Å². The van der Waals surface area contributed by atoms with Crippen LogP contribution in [0.15, 0.2) is 206 Å². The van der Waals surface area contributed by atoms with Crippen molar-refractivity contribution in [1.29, 1.82) is 0 Å². The van der Waals surface area contributed by atoms with Crippen LogP contribution in [0, 0.1) is 0 Å². The molecular weight excluding hydrogens is 709 g/mol. The second-order valence-electron chi connectivity index (χ2n) is 14.9. The molecule has 2 nitrogen and oxygen atoms in total. The smallest absolute Gasteiger partial charge is 0.0547 e. The predicted octanol–water partition coefficient (Wildman–Crippen LogP) is 15.2. The van der Waals surface area contributed by atoms with Crippen LogP contribution in [-0.4, -0.2) is 9.13 Å². The average molecular weight is 743 g/mol. The molecule has 57 heavy (non-hydrogen) atoms. The minimum absolute atomic E-state index is 1.15. The molecule has 12 rings (SSSR count). The van der Waals surface area contributed by atoms with E-state index in [-0.39, 0.29) is 0 Å². The standard InChI is InChI=1S/C54H34N2S/c1-2-17-39(18-3-1)55-47-25-7-4-20-43(47)44-31-30-38(34-50(44)55)41-23-12-27-49-53(41)45-21-5-8-26-48(45)56(49)40-19-11-15-36(33-40)35-14-10-16-37(32-35)42-24-13-29-52-54(42)46-22-6-9-28-51(46)57-52/h1-34H. The van der Waals surface area contributed by atoms with Crippen molar-refractivity contribution in [3.05, 3.63) is 206 Å². The summed E-state index contributed by atoms with van der Waals surface area (Å²) in [5.74, 6) is 0. The van der Waals surface area contributed by atoms with Gasteiger partial charge in [-0.2, -0.15) is 0 Å². The molecule has 3 aromatic heterocycles. The third-order valence-corrected chi connectivity index (χ3v) is 12.8. The Bertz CT molecular complexity index is 3530. The molecule has 266 valence electrons. The first-order chi connectivity index (χ1) is 28.3. The summed E-state index contributed by atoms with van der Waals surface area (Å²) in [6, 6.07) is 75.6. The van der Waals surface area contributed by atoms with E-state index in [0.717, 1.165) is 11.4 Å². The average Bonchev–Trinajstić information content (AvgIpc) is 3.94. The van der Waals surface area contributed by atoms with Gasteiger partial charge in [0.2, 0.25) is 0 Å². The molecule has 3 heteroatoms. The maximum Gasteiger partial charge on any atom is 0.0547 e. The summed E-state index contributed by atoms with van der Waals surface area (Å²) in [5.41, 5.74) is 14.5. The molecule has 0 amide bonds. The van der Waals surface area contributed by atoms with E-state index in [4.69, 9.17) is 0 Å². The van der Waals surface area contributed by atoms with Gasteiger partial charge in [0.1, 0.15) is 0 Å². The highest BCUT2D eigenvalue weighted by Gasteiger charge is 2.19. The van der Waals surface area contributed by atoms with Gasteiger partial charge in [-0.15, -0.1) is 11.3 Å². The first kappa shape index (κ1) is 32.1. The number of aromatic nitrogens is 2. The molecule has 0 fully saturated rings. The molecule has 0 aliphatic rings. The van der Waals surface area contributed by atoms with Crippen LogP contribution in [0.1, 0.15) is 0 Å². The van der Waals surface area contributed by atoms with E-state index in [1.165, 1.54) is 97.2 Å². The number of thiophene rings is 1. The minimum atomic E-state index is 1.15. The summed E-state index contributed by atoms with van der Waals surface area (Å²) >= 11 is 1.87. The predicted molar refractivity (Wildman–Crippen MR) is 244 cm³/mol. The number of rotatable bonds is 5. The maximum absolute atomic E-state index is 2.44. The molecular formula is C54H34N2S. The Labute approximate surface area is 333 Å². The van der Waals surface area contributed by atoms with Gasteiger partial charge in [-0.25, -0.2) is 0 Å². The van der Waals surface area contributed by atoms with E-state index in [1.807, 2.05) is 11.3 Å². The van der Waals surface area contributed by atoms with Crippen molar-refractivity contribution in [3.8, 4) is 44.8 Å². The minimum Gasteiger partial charge on any atom is -0.309 e. The lowest BCUT2D eigenvalue weighted by molar-refractivity contribution is 1.18. The molecule has 9 aromatic carbocycles. The van der Waals surface area contributed by atoms with Gasteiger partial charge < -0.3 is 9.13 Å². The van der Waals surface area contributed by atoms with E-state index in [9.17, 15) is 0 Å². The fourth-order valence-corrected chi connectivity index (χ4v) is 10.4. The van der Waals surface area contributed by atoms with Crippen molar-refractivity contribution in [2.24, 2.45) is 0 Å². The second kappa shape index (κ2) is 12.7. The molecule has 0 bridgehead atoms. The van der Waals surface area contributed by atoms with E-state index < -0.39 is 0 Å². The number of para-hydroxylation sites is 3. The van der Waals surface area contributed by atoms with Crippen molar-refractivity contribution >= 4 is 75.1 Å². The van der Waals surface area contributed by atoms with Crippen LogP contribution in [-0.2, 0) is 0 Å². The first-order valence-corrected chi connectivity index (χ1v) is 20.3. The normalized spacial score (nSPS) is 11.9. The van der Waals surface area contributed by atoms with Crippen molar-refractivity contribution in [3.63, 3.8) is 0 Å². The van der Waals surface area contributed by atoms with Gasteiger partial charge in [-0.05, 0) is 100 Å². The Hall–Kier alpha value is -7.20. The molecule has 0 radical (unpaired) electrons. The Balaban J connectivity index is 1.02. The first-order valence-electron chi connectivity index (χ1n) is 19.5. The molecule has 0 spiro atoms. The van der Waals surface area contributed by atoms with Gasteiger partial charge in [0.05, 0.1) is 22.1 Å². The summed E-state index contributed by atoms with van der Waals surface area (Å²) in [6.45, 7) is 0. The molecule has 0 unspecified atom stereocenters. The summed E-state index contributed by atoms with van der Waals surface area (Å²) in [6.07, 6.45) is 0. The zero-order chi connectivity index (χ0) is 37.5. The highest BCUT2D eigenvalue weighted by atomic mass is 32.1. The fourth-order valence-electron chi connectivity index (χ4n) is 9.24. The SMILES string of the molecule is c1ccc(-n2c3ccccc3c3ccc(-c4cccc5c4c4ccccc4n5-c4cccc(-c5cccc(-c6cccc7sc8ccccc8c67)c5)c4)cc32)cc1. The van der Waals surface area contributed by atoms with E-state index in [2.05, 4.69) is 215 Å². The molecule has 12 aromatic rings. The number of hydrogen-bond acceptors (Lipinski definition) is 1. The largest absolute Gasteiger partial charge is 0.309 e. The molecule has 0 saturated heterocycles. The molecule has 0 N–H and O–H groups in total. The Morgan fingerprint density at radius 2 is 0.825 bits per heavy atom. The molecule has 0 saturated carbocycles.